The van der Waals surface area contributed by atoms with E-state index in [0.717, 1.165) is 37.1 Å². The van der Waals surface area contributed by atoms with Crippen LogP contribution in [0, 0.1) is 11.3 Å². The number of aromatic nitrogens is 4. The number of nitrogens with zero attached hydrogens (tertiary/aromatic N) is 6. The van der Waals surface area contributed by atoms with Crippen LogP contribution in [-0.2, 0) is 14.6 Å². The van der Waals surface area contributed by atoms with E-state index >= 15 is 0 Å². The number of nitriles is 1. The summed E-state index contributed by atoms with van der Waals surface area (Å²) in [4.78, 5) is 24.9. The van der Waals surface area contributed by atoms with Gasteiger partial charge in [-0.3, -0.25) is 9.48 Å². The lowest BCUT2D eigenvalue weighted by molar-refractivity contribution is -0.116. The summed E-state index contributed by atoms with van der Waals surface area (Å²) in [5, 5.41) is 21.2. The summed E-state index contributed by atoms with van der Waals surface area (Å²) in [6, 6.07) is 15.3. The lowest BCUT2D eigenvalue weighted by Crippen LogP contribution is -2.40. The number of benzene rings is 2. The molecule has 1 atom stereocenters. The van der Waals surface area contributed by atoms with Crippen LogP contribution in [0.15, 0.2) is 48.7 Å². The number of carbonyl (C=O) groups excluding carboxylic acids is 1. The molecule has 0 radical (unpaired) electrons. The summed E-state index contributed by atoms with van der Waals surface area (Å²) < 4.78 is 25.6. The van der Waals surface area contributed by atoms with Gasteiger partial charge >= 0.3 is 0 Å². The molecule has 2 aromatic carbocycles. The average molecular weight is 569 g/mol. The van der Waals surface area contributed by atoms with E-state index in [0.29, 0.717) is 58.6 Å². The van der Waals surface area contributed by atoms with Crippen molar-refractivity contribution in [3.05, 3.63) is 65.5 Å². The van der Waals surface area contributed by atoms with Gasteiger partial charge in [-0.25, -0.2) is 13.4 Å². The molecule has 4 aromatic rings. The fourth-order valence-electron chi connectivity index (χ4n) is 6.03. The van der Waals surface area contributed by atoms with Crippen LogP contribution in [0.1, 0.15) is 54.5 Å². The number of sulfone groups is 1. The van der Waals surface area contributed by atoms with Crippen LogP contribution in [0.5, 0.6) is 0 Å². The summed E-state index contributed by atoms with van der Waals surface area (Å²) in [7, 11) is -2.95. The van der Waals surface area contributed by atoms with Gasteiger partial charge in [-0.05, 0) is 60.9 Å². The summed E-state index contributed by atoms with van der Waals surface area (Å²) in [6.45, 7) is 0.945. The van der Waals surface area contributed by atoms with Gasteiger partial charge < -0.3 is 15.5 Å². The molecule has 1 amide bonds. The second-order valence-corrected chi connectivity index (χ2v) is 13.2. The van der Waals surface area contributed by atoms with Gasteiger partial charge in [-0.15, -0.1) is 0 Å². The fraction of sp³-hybridized carbons (Fsp3) is 0.345. The molecule has 11 nitrogen and oxygen atoms in total. The Morgan fingerprint density at radius 1 is 1.02 bits per heavy atom. The number of rotatable bonds is 5. The summed E-state index contributed by atoms with van der Waals surface area (Å²) in [6.07, 6.45) is 6.37. The molecule has 3 aliphatic rings. The minimum atomic E-state index is -2.95. The number of nitrogens with one attached hydrogen (secondary N) is 2. The molecule has 208 valence electrons. The first-order valence-corrected chi connectivity index (χ1v) is 15.6. The Morgan fingerprint density at radius 3 is 2.51 bits per heavy atom. The molecule has 0 bridgehead atoms. The molecule has 12 heteroatoms. The smallest absolute Gasteiger partial charge is 0.238 e. The van der Waals surface area contributed by atoms with Crippen molar-refractivity contribution < 1.29 is 13.2 Å². The Morgan fingerprint density at radius 2 is 1.78 bits per heavy atom. The van der Waals surface area contributed by atoms with Crippen LogP contribution in [0.25, 0.3) is 11.0 Å². The van der Waals surface area contributed by atoms with Gasteiger partial charge in [-0.2, -0.15) is 15.3 Å². The zero-order valence-electron chi connectivity index (χ0n) is 22.2. The molecule has 2 aliphatic heterocycles. The Bertz CT molecular complexity index is 1810. The predicted molar refractivity (Wildman–Crippen MR) is 155 cm³/mol. The zero-order chi connectivity index (χ0) is 28.1. The molecule has 1 saturated carbocycles. The highest BCUT2D eigenvalue weighted by Crippen LogP contribution is 2.40. The quantitative estimate of drug-likeness (QED) is 0.366. The van der Waals surface area contributed by atoms with Crippen molar-refractivity contribution in [2.24, 2.45) is 0 Å². The molecule has 2 aromatic heterocycles. The van der Waals surface area contributed by atoms with Crippen LogP contribution in [0.4, 0.5) is 23.0 Å². The number of anilines is 4. The summed E-state index contributed by atoms with van der Waals surface area (Å²) in [5.41, 5.74) is 4.60. The number of hydrogen-bond acceptors (Lipinski definition) is 9. The third-order valence-corrected chi connectivity index (χ3v) is 9.85. The van der Waals surface area contributed by atoms with Gasteiger partial charge in [-0.1, -0.05) is 12.8 Å². The molecular weight excluding hydrogens is 540 g/mol. The lowest BCUT2D eigenvalue weighted by Gasteiger charge is -2.28. The molecule has 41 heavy (non-hydrogen) atoms. The van der Waals surface area contributed by atoms with Crippen LogP contribution in [-0.4, -0.2) is 58.7 Å². The first-order chi connectivity index (χ1) is 19.9. The largest absolute Gasteiger partial charge is 0.369 e. The fourth-order valence-corrected chi connectivity index (χ4v) is 7.24. The molecular formula is C29H28N8O3S. The third-order valence-electron chi connectivity index (χ3n) is 8.24. The molecule has 2 N–H and O–H groups in total. The summed E-state index contributed by atoms with van der Waals surface area (Å²) in [5.74, 6) is -0.278. The van der Waals surface area contributed by atoms with Crippen LogP contribution < -0.4 is 15.5 Å². The van der Waals surface area contributed by atoms with Gasteiger partial charge in [0.05, 0.1) is 40.3 Å². The van der Waals surface area contributed by atoms with Gasteiger partial charge in [0.25, 0.3) is 0 Å². The maximum absolute atomic E-state index is 13.3. The van der Waals surface area contributed by atoms with Crippen LogP contribution in [0.3, 0.4) is 0 Å². The van der Waals surface area contributed by atoms with E-state index in [1.54, 1.807) is 18.2 Å². The van der Waals surface area contributed by atoms with Crippen molar-refractivity contribution in [2.75, 3.05) is 40.1 Å². The Kier molecular flexibility index (Phi) is 6.12. The van der Waals surface area contributed by atoms with Gasteiger partial charge in [0, 0.05) is 36.3 Å². The van der Waals surface area contributed by atoms with Crippen LogP contribution in [0.2, 0.25) is 0 Å². The Hall–Kier alpha value is -4.50. The van der Waals surface area contributed by atoms with E-state index < -0.39 is 15.8 Å². The minimum absolute atomic E-state index is 0.158. The van der Waals surface area contributed by atoms with Crippen molar-refractivity contribution in [1.82, 2.24) is 19.7 Å². The van der Waals surface area contributed by atoms with E-state index in [2.05, 4.69) is 21.6 Å². The van der Waals surface area contributed by atoms with Gasteiger partial charge in [0.1, 0.15) is 5.92 Å². The third kappa shape index (κ3) is 4.76. The maximum Gasteiger partial charge on any atom is 0.238 e. The Balaban J connectivity index is 1.25. The van der Waals surface area contributed by atoms with Crippen molar-refractivity contribution in [1.29, 1.82) is 5.26 Å². The zero-order valence-corrected chi connectivity index (χ0v) is 23.1. The average Bonchev–Trinajstić information content (AvgIpc) is 3.71. The van der Waals surface area contributed by atoms with E-state index in [9.17, 15) is 18.5 Å². The number of carbonyl (C=O) groups is 1. The number of amides is 1. The number of fused-ring (bicyclic) bond motifs is 2. The number of hydrogen-bond donors (Lipinski definition) is 2. The first-order valence-electron chi connectivity index (χ1n) is 13.8. The monoisotopic (exact) mass is 568 g/mol. The molecule has 4 heterocycles. The standard InChI is InChI=1S/C29H28N8O3S/c30-16-18-5-10-24-22(15-18)25(28(38)32-24)26-23-17-37(21-3-1-2-4-21)35-27(23)34-29(33-26)31-19-6-8-20(9-7-19)36-11-13-41(39,40)14-12-36/h5-10,15,17,21,25H,1-4,11-14H2,(H,32,38)(H,31,34,35). The highest BCUT2D eigenvalue weighted by Gasteiger charge is 2.36. The second kappa shape index (κ2) is 9.85. The van der Waals surface area contributed by atoms with Crippen molar-refractivity contribution >= 4 is 49.8 Å². The normalized spacial score (nSPS) is 20.1. The molecule has 1 saturated heterocycles. The minimum Gasteiger partial charge on any atom is -0.369 e. The van der Waals surface area contributed by atoms with E-state index in [4.69, 9.17) is 15.1 Å². The first kappa shape index (κ1) is 25.5. The molecule has 0 spiro atoms. The Labute approximate surface area is 237 Å². The lowest BCUT2D eigenvalue weighted by atomic mass is 9.94. The topological polar surface area (TPSA) is 146 Å². The van der Waals surface area contributed by atoms with E-state index in [1.807, 2.05) is 35.1 Å². The highest BCUT2D eigenvalue weighted by molar-refractivity contribution is 7.91. The second-order valence-electron chi connectivity index (χ2n) is 10.9. The van der Waals surface area contributed by atoms with Crippen molar-refractivity contribution in [2.45, 2.75) is 37.6 Å². The maximum atomic E-state index is 13.3. The molecule has 2 fully saturated rings. The van der Waals surface area contributed by atoms with Crippen LogP contribution >= 0.6 is 0 Å². The highest BCUT2D eigenvalue weighted by atomic mass is 32.2. The van der Waals surface area contributed by atoms with E-state index in [1.165, 1.54) is 0 Å². The van der Waals surface area contributed by atoms with Gasteiger partial charge in [0.2, 0.25) is 11.9 Å². The molecule has 7 rings (SSSR count). The molecule has 1 aliphatic carbocycles. The summed E-state index contributed by atoms with van der Waals surface area (Å²) >= 11 is 0. The molecule has 1 unspecified atom stereocenters. The SMILES string of the molecule is N#Cc1ccc2c(c1)C(c1nc(Nc3ccc(N4CCS(=O)(=O)CC4)cc3)nc3nn(C4CCCC4)cc13)C(=O)N2. The van der Waals surface area contributed by atoms with Crippen molar-refractivity contribution in [3.8, 4) is 6.07 Å². The van der Waals surface area contributed by atoms with E-state index in [-0.39, 0.29) is 17.4 Å². The van der Waals surface area contributed by atoms with Gasteiger partial charge in [0.15, 0.2) is 15.5 Å². The predicted octanol–water partition coefficient (Wildman–Crippen LogP) is 3.88. The van der Waals surface area contributed by atoms with Crippen molar-refractivity contribution in [3.63, 3.8) is 0 Å².